The van der Waals surface area contributed by atoms with Crippen molar-refractivity contribution in [2.45, 2.75) is 38.8 Å². The molecule has 8 nitrogen and oxygen atoms in total. The van der Waals surface area contributed by atoms with Gasteiger partial charge in [-0.1, -0.05) is 36.4 Å². The number of likely N-dealkylation sites (tertiary alicyclic amines) is 1. The zero-order chi connectivity index (χ0) is 24.8. The maximum absolute atomic E-state index is 13.2. The van der Waals surface area contributed by atoms with E-state index >= 15 is 0 Å². The fourth-order valence-electron chi connectivity index (χ4n) is 4.73. The molecule has 0 saturated carbocycles. The average molecular weight is 476 g/mol. The highest BCUT2D eigenvalue weighted by Gasteiger charge is 2.23. The molecule has 2 aliphatic rings. The zero-order valence-electron chi connectivity index (χ0n) is 20.2. The molecule has 0 bridgehead atoms. The Morgan fingerprint density at radius 3 is 2.49 bits per heavy atom. The number of nitrogens with two attached hydrogens (primary N) is 1. The van der Waals surface area contributed by atoms with Crippen LogP contribution in [-0.2, 0) is 4.79 Å². The molecule has 0 radical (unpaired) electrons. The smallest absolute Gasteiger partial charge is 0.253 e. The Kier molecular flexibility index (Phi) is 7.92. The highest BCUT2D eigenvalue weighted by molar-refractivity contribution is 5.99. The summed E-state index contributed by atoms with van der Waals surface area (Å²) in [5, 5.41) is 6.23. The van der Waals surface area contributed by atoms with Crippen LogP contribution < -0.4 is 11.1 Å². The Morgan fingerprint density at radius 1 is 1.09 bits per heavy atom. The lowest BCUT2D eigenvalue weighted by Crippen LogP contribution is -2.37. The summed E-state index contributed by atoms with van der Waals surface area (Å²) >= 11 is 0. The quantitative estimate of drug-likeness (QED) is 0.560. The Labute approximate surface area is 206 Å². The summed E-state index contributed by atoms with van der Waals surface area (Å²) in [6.07, 6.45) is 4.78. The van der Waals surface area contributed by atoms with Gasteiger partial charge in [0, 0.05) is 49.4 Å². The van der Waals surface area contributed by atoms with Gasteiger partial charge in [0.15, 0.2) is 0 Å². The molecule has 2 aromatic rings. The molecule has 0 aliphatic carbocycles. The van der Waals surface area contributed by atoms with Gasteiger partial charge in [0.2, 0.25) is 5.91 Å². The summed E-state index contributed by atoms with van der Waals surface area (Å²) in [6, 6.07) is 13.7. The molecule has 8 heteroatoms. The summed E-state index contributed by atoms with van der Waals surface area (Å²) in [4.78, 5) is 40.0. The van der Waals surface area contributed by atoms with Crippen LogP contribution in [0.25, 0.3) is 17.2 Å². The van der Waals surface area contributed by atoms with E-state index in [4.69, 9.17) is 5.73 Å². The van der Waals surface area contributed by atoms with Gasteiger partial charge in [0.1, 0.15) is 0 Å². The molecule has 1 atom stereocenters. The zero-order valence-corrected chi connectivity index (χ0v) is 20.2. The van der Waals surface area contributed by atoms with E-state index in [0.717, 1.165) is 54.7 Å². The van der Waals surface area contributed by atoms with Crippen LogP contribution >= 0.6 is 0 Å². The number of hydrogen-bond acceptors (Lipinski definition) is 6. The minimum Gasteiger partial charge on any atom is -0.369 e. The summed E-state index contributed by atoms with van der Waals surface area (Å²) in [5.74, 6) is -0.0186. The number of nitrogens with zero attached hydrogens (tertiary/aromatic N) is 3. The van der Waals surface area contributed by atoms with Crippen LogP contribution in [0.2, 0.25) is 0 Å². The normalized spacial score (nSPS) is 17.1. The number of amides is 2. The van der Waals surface area contributed by atoms with Crippen LogP contribution in [0.15, 0.2) is 53.2 Å². The van der Waals surface area contributed by atoms with Crippen molar-refractivity contribution in [3.05, 3.63) is 64.1 Å². The lowest BCUT2D eigenvalue weighted by molar-refractivity contribution is -0.127. The summed E-state index contributed by atoms with van der Waals surface area (Å²) in [6.45, 7) is 4.61. The monoisotopic (exact) mass is 475 g/mol. The first-order valence-corrected chi connectivity index (χ1v) is 12.3. The average Bonchev–Trinajstić information content (AvgIpc) is 3.35. The third-order valence-electron chi connectivity index (χ3n) is 6.54. The number of carbonyl (C=O) groups is 2. The number of benzene rings is 2. The Bertz CT molecular complexity index is 1110. The van der Waals surface area contributed by atoms with E-state index in [2.05, 4.69) is 10.5 Å². The molecule has 1 fully saturated rings. The van der Waals surface area contributed by atoms with Gasteiger partial charge in [0.25, 0.3) is 5.91 Å². The lowest BCUT2D eigenvalue weighted by atomic mass is 10.00. The Balaban J connectivity index is 1.56. The molecule has 3 N–H and O–H groups in total. The van der Waals surface area contributed by atoms with Gasteiger partial charge < -0.3 is 20.9 Å². The molecular weight excluding hydrogens is 442 g/mol. The first kappa shape index (κ1) is 24.6. The molecule has 0 aromatic heterocycles. The number of nitrogens with one attached hydrogen (secondary N) is 1. The standard InChI is InChI=1S/C27H33N5O3/c1-2-12-31(15-11-29-35)27(34)23-16-22-10-9-21(17-24(22)30-25(28)18-23)19-5-7-20(8-6-19)26(33)32-13-3-4-14-32/h5-10,16-17,25,30H,2-4,11-15,18,28H2,1H3. The summed E-state index contributed by atoms with van der Waals surface area (Å²) in [5.41, 5.74) is 11.4. The Morgan fingerprint density at radius 2 is 1.80 bits per heavy atom. The Hall–Kier alpha value is -3.52. The molecular formula is C27H33N5O3. The van der Waals surface area contributed by atoms with E-state index in [0.29, 0.717) is 30.6 Å². The molecule has 184 valence electrons. The van der Waals surface area contributed by atoms with E-state index in [1.54, 1.807) is 4.90 Å². The van der Waals surface area contributed by atoms with Crippen molar-refractivity contribution in [1.29, 1.82) is 0 Å². The van der Waals surface area contributed by atoms with E-state index in [1.165, 1.54) is 0 Å². The number of fused-ring (bicyclic) bond motifs is 1. The molecule has 2 amide bonds. The maximum atomic E-state index is 13.2. The second-order valence-electron chi connectivity index (χ2n) is 9.15. The van der Waals surface area contributed by atoms with E-state index < -0.39 is 6.17 Å². The van der Waals surface area contributed by atoms with Crippen LogP contribution in [0.3, 0.4) is 0 Å². The van der Waals surface area contributed by atoms with Crippen molar-refractivity contribution in [3.8, 4) is 11.1 Å². The third-order valence-corrected chi connectivity index (χ3v) is 6.54. The molecule has 1 unspecified atom stereocenters. The molecule has 1 saturated heterocycles. The molecule has 2 aromatic carbocycles. The fraction of sp³-hybridized carbons (Fsp3) is 0.407. The highest BCUT2D eigenvalue weighted by atomic mass is 16.3. The highest BCUT2D eigenvalue weighted by Crippen LogP contribution is 2.31. The topological polar surface area (TPSA) is 108 Å². The number of rotatable bonds is 8. The van der Waals surface area contributed by atoms with Gasteiger partial charge in [0.05, 0.1) is 12.7 Å². The minimum atomic E-state index is -0.421. The summed E-state index contributed by atoms with van der Waals surface area (Å²) < 4.78 is 0. The van der Waals surface area contributed by atoms with Gasteiger partial charge in [-0.3, -0.25) is 9.59 Å². The van der Waals surface area contributed by atoms with Gasteiger partial charge in [-0.05, 0) is 60.2 Å². The van der Waals surface area contributed by atoms with Crippen molar-refractivity contribution < 1.29 is 9.59 Å². The van der Waals surface area contributed by atoms with Crippen LogP contribution in [0.5, 0.6) is 0 Å². The van der Waals surface area contributed by atoms with Gasteiger partial charge in [-0.15, -0.1) is 0 Å². The first-order chi connectivity index (χ1) is 17.0. The van der Waals surface area contributed by atoms with E-state index in [1.807, 2.05) is 60.4 Å². The number of nitroso groups, excluding NO2 is 1. The van der Waals surface area contributed by atoms with E-state index in [9.17, 15) is 14.5 Å². The second kappa shape index (κ2) is 11.3. The lowest BCUT2D eigenvalue weighted by Gasteiger charge is -2.23. The first-order valence-electron chi connectivity index (χ1n) is 12.3. The van der Waals surface area contributed by atoms with Gasteiger partial charge >= 0.3 is 0 Å². The molecule has 2 heterocycles. The molecule has 4 rings (SSSR count). The number of carbonyl (C=O) groups excluding carboxylic acids is 2. The predicted molar refractivity (Wildman–Crippen MR) is 139 cm³/mol. The van der Waals surface area contributed by atoms with Gasteiger partial charge in [-0.2, -0.15) is 4.91 Å². The van der Waals surface area contributed by atoms with Crippen molar-refractivity contribution in [2.24, 2.45) is 10.9 Å². The fourth-order valence-corrected chi connectivity index (χ4v) is 4.73. The van der Waals surface area contributed by atoms with Crippen molar-refractivity contribution in [2.75, 3.05) is 38.0 Å². The van der Waals surface area contributed by atoms with Crippen molar-refractivity contribution in [3.63, 3.8) is 0 Å². The second-order valence-corrected chi connectivity index (χ2v) is 9.15. The third kappa shape index (κ3) is 5.77. The van der Waals surface area contributed by atoms with Crippen LogP contribution in [-0.4, -0.2) is 60.5 Å². The van der Waals surface area contributed by atoms with Crippen LogP contribution in [0, 0.1) is 4.91 Å². The molecule has 2 aliphatic heterocycles. The van der Waals surface area contributed by atoms with Crippen LogP contribution in [0.4, 0.5) is 5.69 Å². The van der Waals surface area contributed by atoms with Crippen LogP contribution in [0.1, 0.15) is 48.5 Å². The van der Waals surface area contributed by atoms with Crippen molar-refractivity contribution in [1.82, 2.24) is 9.80 Å². The molecule has 0 spiro atoms. The number of anilines is 1. The molecule has 35 heavy (non-hydrogen) atoms. The SMILES string of the molecule is CCCN(CCN=O)C(=O)C1=Cc2ccc(-c3ccc(C(=O)N4CCCC4)cc3)cc2NC(N)C1. The minimum absolute atomic E-state index is 0.0751. The largest absolute Gasteiger partial charge is 0.369 e. The summed E-state index contributed by atoms with van der Waals surface area (Å²) in [7, 11) is 0. The maximum Gasteiger partial charge on any atom is 0.253 e. The predicted octanol–water partition coefficient (Wildman–Crippen LogP) is 4.08. The van der Waals surface area contributed by atoms with Crippen molar-refractivity contribution >= 4 is 23.6 Å². The van der Waals surface area contributed by atoms with E-state index in [-0.39, 0.29) is 18.4 Å². The van der Waals surface area contributed by atoms with Gasteiger partial charge in [-0.25, -0.2) is 0 Å². The number of hydrogen-bond donors (Lipinski definition) is 2.